The number of carbonyl (C=O) groups excluding carboxylic acids is 1. The van der Waals surface area contributed by atoms with Crippen LogP contribution in [0.25, 0.3) is 10.8 Å². The van der Waals surface area contributed by atoms with E-state index in [9.17, 15) is 4.79 Å². The summed E-state index contributed by atoms with van der Waals surface area (Å²) in [7, 11) is 0. The summed E-state index contributed by atoms with van der Waals surface area (Å²) in [6.07, 6.45) is 13.9. The van der Waals surface area contributed by atoms with Crippen LogP contribution in [0.2, 0.25) is 0 Å². The van der Waals surface area contributed by atoms with Gasteiger partial charge in [-0.3, -0.25) is 14.5 Å². The summed E-state index contributed by atoms with van der Waals surface area (Å²) in [5, 5.41) is 8.17. The normalized spacial score (nSPS) is 16.4. The summed E-state index contributed by atoms with van der Waals surface area (Å²) < 4.78 is 3.45. The van der Waals surface area contributed by atoms with Crippen molar-refractivity contribution >= 4 is 46.6 Å². The molecule has 0 spiro atoms. The SMILES string of the molecule is CC1CC1.CSC.O=CNc1ccc2cnccc2c1.c1ccc(SNCC2CCCNC2)cc1. The highest BCUT2D eigenvalue weighted by atomic mass is 32.2. The minimum atomic E-state index is 0.669. The smallest absolute Gasteiger partial charge is 0.211 e. The molecule has 1 amide bonds. The van der Waals surface area contributed by atoms with Gasteiger partial charge in [0.1, 0.15) is 0 Å². The zero-order valence-corrected chi connectivity index (χ0v) is 22.8. The van der Waals surface area contributed by atoms with Gasteiger partial charge in [0, 0.05) is 34.9 Å². The highest BCUT2D eigenvalue weighted by molar-refractivity contribution is 7.97. The molecule has 2 heterocycles. The van der Waals surface area contributed by atoms with E-state index in [4.69, 9.17) is 0 Å². The van der Waals surface area contributed by atoms with Crippen molar-refractivity contribution in [2.45, 2.75) is 37.5 Å². The van der Waals surface area contributed by atoms with Gasteiger partial charge in [-0.2, -0.15) is 11.8 Å². The lowest BCUT2D eigenvalue weighted by molar-refractivity contribution is -0.105. The Morgan fingerprint density at radius 3 is 2.43 bits per heavy atom. The highest BCUT2D eigenvalue weighted by Crippen LogP contribution is 2.26. The van der Waals surface area contributed by atoms with Crippen molar-refractivity contribution in [3.8, 4) is 0 Å². The molecule has 1 aliphatic heterocycles. The number of nitrogens with zero attached hydrogens (tertiary/aromatic N) is 1. The fourth-order valence-electron chi connectivity index (χ4n) is 3.24. The second-order valence-electron chi connectivity index (χ2n) is 8.77. The molecule has 1 saturated heterocycles. The Kier molecular flexibility index (Phi) is 15.2. The molecule has 3 N–H and O–H groups in total. The largest absolute Gasteiger partial charge is 0.329 e. The Balaban J connectivity index is 0.000000195. The minimum absolute atomic E-state index is 0.669. The first-order chi connectivity index (χ1) is 17.2. The predicted octanol–water partition coefficient (Wildman–Crippen LogP) is 6.48. The molecule has 2 aromatic carbocycles. The summed E-state index contributed by atoms with van der Waals surface area (Å²) in [6.45, 7) is 5.75. The van der Waals surface area contributed by atoms with Gasteiger partial charge in [-0.25, -0.2) is 0 Å². The van der Waals surface area contributed by atoms with Crippen molar-refractivity contribution in [1.29, 1.82) is 0 Å². The minimum Gasteiger partial charge on any atom is -0.329 e. The van der Waals surface area contributed by atoms with Crippen molar-refractivity contribution in [3.63, 3.8) is 0 Å². The Labute approximate surface area is 219 Å². The maximum atomic E-state index is 10.2. The van der Waals surface area contributed by atoms with Gasteiger partial charge >= 0.3 is 0 Å². The molecule has 1 aromatic heterocycles. The first kappa shape index (κ1) is 29.2. The van der Waals surface area contributed by atoms with Crippen LogP contribution in [0.5, 0.6) is 0 Å². The fraction of sp³-hybridized carbons (Fsp3) is 0.429. The molecule has 2 aliphatic rings. The molecule has 5 nitrogen and oxygen atoms in total. The number of aromatic nitrogens is 1. The van der Waals surface area contributed by atoms with Gasteiger partial charge in [-0.1, -0.05) is 44.0 Å². The first-order valence-electron chi connectivity index (χ1n) is 12.3. The van der Waals surface area contributed by atoms with Crippen LogP contribution < -0.4 is 15.4 Å². The second kappa shape index (κ2) is 18.2. The lowest BCUT2D eigenvalue weighted by Gasteiger charge is -2.22. The van der Waals surface area contributed by atoms with E-state index in [2.05, 4.69) is 57.6 Å². The van der Waals surface area contributed by atoms with E-state index in [1.165, 1.54) is 43.7 Å². The molecule has 3 aromatic rings. The molecular weight excluding hydrogens is 472 g/mol. The van der Waals surface area contributed by atoms with E-state index in [-0.39, 0.29) is 0 Å². The van der Waals surface area contributed by atoms with Crippen molar-refractivity contribution in [2.75, 3.05) is 37.5 Å². The number of carbonyl (C=O) groups is 1. The zero-order valence-electron chi connectivity index (χ0n) is 21.2. The van der Waals surface area contributed by atoms with Crippen LogP contribution in [-0.4, -0.2) is 43.5 Å². The topological polar surface area (TPSA) is 66.0 Å². The highest BCUT2D eigenvalue weighted by Gasteiger charge is 2.13. The average Bonchev–Trinajstić information content (AvgIpc) is 3.69. The third-order valence-corrected chi connectivity index (χ3v) is 6.26. The molecule has 1 saturated carbocycles. The Hall–Kier alpha value is -2.06. The van der Waals surface area contributed by atoms with E-state index in [1.807, 2.05) is 36.8 Å². The van der Waals surface area contributed by atoms with Gasteiger partial charge < -0.3 is 10.6 Å². The Bertz CT molecular complexity index is 948. The third-order valence-electron chi connectivity index (χ3n) is 5.44. The molecule has 0 bridgehead atoms. The number of rotatable bonds is 6. The number of fused-ring (bicyclic) bond motifs is 1. The number of thioether (sulfide) groups is 1. The number of pyridine rings is 1. The molecule has 5 rings (SSSR count). The van der Waals surface area contributed by atoms with Gasteiger partial charge in [0.05, 0.1) is 0 Å². The molecule has 1 aliphatic carbocycles. The summed E-state index contributed by atoms with van der Waals surface area (Å²) in [5.74, 6) is 1.88. The summed E-state index contributed by atoms with van der Waals surface area (Å²) in [5.41, 5.74) is 0.800. The zero-order chi connectivity index (χ0) is 25.1. The fourth-order valence-corrected chi connectivity index (χ4v) is 4.02. The van der Waals surface area contributed by atoms with Gasteiger partial charge in [-0.05, 0) is 97.9 Å². The second-order valence-corrected chi connectivity index (χ2v) is 10.5. The molecule has 35 heavy (non-hydrogen) atoms. The number of hydrogen-bond donors (Lipinski definition) is 3. The number of amides is 1. The predicted molar refractivity (Wildman–Crippen MR) is 155 cm³/mol. The molecular formula is C28H40N4OS2. The maximum Gasteiger partial charge on any atom is 0.211 e. The maximum absolute atomic E-state index is 10.2. The lowest BCUT2D eigenvalue weighted by atomic mass is 10.0. The number of anilines is 1. The van der Waals surface area contributed by atoms with Crippen LogP contribution >= 0.6 is 23.7 Å². The molecule has 2 fully saturated rings. The number of benzene rings is 2. The Morgan fingerprint density at radius 2 is 1.80 bits per heavy atom. The Morgan fingerprint density at radius 1 is 1.06 bits per heavy atom. The third kappa shape index (κ3) is 13.6. The van der Waals surface area contributed by atoms with Gasteiger partial charge in [0.15, 0.2) is 0 Å². The summed E-state index contributed by atoms with van der Waals surface area (Å²) in [6, 6.07) is 18.1. The van der Waals surface area contributed by atoms with Gasteiger partial charge in [-0.15, -0.1) is 0 Å². The van der Waals surface area contributed by atoms with Crippen molar-refractivity contribution in [1.82, 2.24) is 15.0 Å². The molecule has 7 heteroatoms. The molecule has 1 atom stereocenters. The van der Waals surface area contributed by atoms with E-state index < -0.39 is 0 Å². The van der Waals surface area contributed by atoms with Crippen LogP contribution in [0.15, 0.2) is 71.9 Å². The van der Waals surface area contributed by atoms with Crippen molar-refractivity contribution in [3.05, 3.63) is 67.0 Å². The van der Waals surface area contributed by atoms with Crippen molar-refractivity contribution in [2.24, 2.45) is 11.8 Å². The van der Waals surface area contributed by atoms with Gasteiger partial charge in [0.2, 0.25) is 6.41 Å². The van der Waals surface area contributed by atoms with Crippen LogP contribution in [-0.2, 0) is 4.79 Å². The molecule has 190 valence electrons. The van der Waals surface area contributed by atoms with Gasteiger partial charge in [0.25, 0.3) is 0 Å². The van der Waals surface area contributed by atoms with Crippen LogP contribution in [0, 0.1) is 11.8 Å². The molecule has 0 radical (unpaired) electrons. The standard InChI is InChI=1S/C12H18N2S.C10H8N2O.C4H8.C2H6S/c1-2-6-12(7-3-1)15-14-10-11-5-4-8-13-9-11;13-7-12-10-2-1-9-6-11-4-3-8(9)5-10;1-4-2-3-4;1-3-2/h1-3,6-7,11,13-14H,4-5,8-10H2;1-7H,(H,12,13);4H,2-3H2,1H3;1-2H3. The van der Waals surface area contributed by atoms with E-state index >= 15 is 0 Å². The van der Waals surface area contributed by atoms with E-state index in [0.717, 1.165) is 34.8 Å². The lowest BCUT2D eigenvalue weighted by Crippen LogP contribution is -2.34. The quantitative estimate of drug-likeness (QED) is 0.259. The number of nitrogens with one attached hydrogen (secondary N) is 3. The van der Waals surface area contributed by atoms with E-state index in [0.29, 0.717) is 6.41 Å². The first-order valence-corrected chi connectivity index (χ1v) is 14.7. The van der Waals surface area contributed by atoms with Crippen LogP contribution in [0.3, 0.4) is 0 Å². The number of piperidine rings is 1. The van der Waals surface area contributed by atoms with Crippen LogP contribution in [0.1, 0.15) is 32.6 Å². The molecule has 1 unspecified atom stereocenters. The van der Waals surface area contributed by atoms with Crippen LogP contribution in [0.4, 0.5) is 5.69 Å². The average molecular weight is 513 g/mol. The van der Waals surface area contributed by atoms with E-state index in [1.54, 1.807) is 36.1 Å². The number of hydrogen-bond acceptors (Lipinski definition) is 6. The monoisotopic (exact) mass is 512 g/mol. The van der Waals surface area contributed by atoms with Crippen molar-refractivity contribution < 1.29 is 4.79 Å². The summed E-state index contributed by atoms with van der Waals surface area (Å²) >= 11 is 3.49. The summed E-state index contributed by atoms with van der Waals surface area (Å²) in [4.78, 5) is 15.5.